The van der Waals surface area contributed by atoms with Crippen molar-refractivity contribution >= 4 is 11.9 Å². The van der Waals surface area contributed by atoms with Crippen molar-refractivity contribution < 1.29 is 9.59 Å². The Morgan fingerprint density at radius 1 is 1.08 bits per heavy atom. The number of carbonyl (C=O) groups is 2. The van der Waals surface area contributed by atoms with Crippen molar-refractivity contribution in [2.24, 2.45) is 0 Å². The molecule has 0 aliphatic carbocycles. The fraction of sp³-hybridized carbons (Fsp3) is 0.316. The number of pyridine rings is 1. The SMILES string of the molecule is CC(=O)NC1CN(C(=O)N[C@@H](C)c2ccc(-c3ccncc3)cc2)C1. The first-order valence-electron chi connectivity index (χ1n) is 8.36. The molecule has 0 radical (unpaired) electrons. The van der Waals surface area contributed by atoms with Gasteiger partial charge in [-0.2, -0.15) is 0 Å². The number of nitrogens with one attached hydrogen (secondary N) is 2. The first-order chi connectivity index (χ1) is 12.0. The second-order valence-corrected chi connectivity index (χ2v) is 6.33. The molecule has 1 aromatic heterocycles. The summed E-state index contributed by atoms with van der Waals surface area (Å²) >= 11 is 0. The van der Waals surface area contributed by atoms with Gasteiger partial charge in [0, 0.05) is 32.4 Å². The lowest BCUT2D eigenvalue weighted by Gasteiger charge is -2.39. The first kappa shape index (κ1) is 17.0. The van der Waals surface area contributed by atoms with Crippen LogP contribution in [0.25, 0.3) is 11.1 Å². The first-order valence-corrected chi connectivity index (χ1v) is 8.36. The summed E-state index contributed by atoms with van der Waals surface area (Å²) in [6, 6.07) is 12.0. The molecule has 1 aliphatic heterocycles. The topological polar surface area (TPSA) is 74.3 Å². The standard InChI is InChI=1S/C19H22N4O2/c1-13(21-19(25)23-11-18(12-23)22-14(2)24)15-3-5-16(6-4-15)17-7-9-20-10-8-17/h3-10,13,18H,11-12H2,1-2H3,(H,21,25)(H,22,24)/t13-/m0/s1. The molecule has 1 fully saturated rings. The van der Waals surface area contributed by atoms with Crippen LogP contribution >= 0.6 is 0 Å². The molecule has 3 amide bonds. The second kappa shape index (κ2) is 7.34. The highest BCUT2D eigenvalue weighted by molar-refractivity contribution is 5.77. The lowest BCUT2D eigenvalue weighted by molar-refractivity contribution is -0.120. The predicted octanol–water partition coefficient (Wildman–Crippen LogP) is 2.34. The number of benzene rings is 1. The summed E-state index contributed by atoms with van der Waals surface area (Å²) in [6.07, 6.45) is 3.54. The molecular weight excluding hydrogens is 316 g/mol. The number of nitrogens with zero attached hydrogens (tertiary/aromatic N) is 2. The average Bonchev–Trinajstić information content (AvgIpc) is 2.58. The van der Waals surface area contributed by atoms with Crippen LogP contribution in [0, 0.1) is 0 Å². The second-order valence-electron chi connectivity index (χ2n) is 6.33. The predicted molar refractivity (Wildman–Crippen MR) is 95.8 cm³/mol. The maximum Gasteiger partial charge on any atom is 0.318 e. The van der Waals surface area contributed by atoms with Crippen molar-refractivity contribution in [3.8, 4) is 11.1 Å². The molecule has 2 N–H and O–H groups in total. The largest absolute Gasteiger partial charge is 0.350 e. The van der Waals surface area contributed by atoms with Crippen molar-refractivity contribution in [3.63, 3.8) is 0 Å². The van der Waals surface area contributed by atoms with Crippen LogP contribution in [0.5, 0.6) is 0 Å². The zero-order valence-corrected chi connectivity index (χ0v) is 14.4. The highest BCUT2D eigenvalue weighted by Gasteiger charge is 2.31. The Morgan fingerprint density at radius 2 is 1.68 bits per heavy atom. The Balaban J connectivity index is 1.54. The minimum Gasteiger partial charge on any atom is -0.350 e. The van der Waals surface area contributed by atoms with E-state index in [2.05, 4.69) is 15.6 Å². The molecule has 0 bridgehead atoms. The summed E-state index contributed by atoms with van der Waals surface area (Å²) in [7, 11) is 0. The average molecular weight is 338 g/mol. The van der Waals surface area contributed by atoms with E-state index in [1.807, 2.05) is 43.3 Å². The van der Waals surface area contributed by atoms with Gasteiger partial charge in [-0.3, -0.25) is 9.78 Å². The number of carbonyl (C=O) groups excluding carboxylic acids is 2. The molecule has 1 aliphatic rings. The van der Waals surface area contributed by atoms with Crippen molar-refractivity contribution in [2.75, 3.05) is 13.1 Å². The molecule has 0 unspecified atom stereocenters. The van der Waals surface area contributed by atoms with E-state index in [9.17, 15) is 9.59 Å². The summed E-state index contributed by atoms with van der Waals surface area (Å²) in [5.74, 6) is -0.0623. The number of hydrogen-bond acceptors (Lipinski definition) is 3. The van der Waals surface area contributed by atoms with Crippen molar-refractivity contribution in [3.05, 3.63) is 54.4 Å². The number of aromatic nitrogens is 1. The Kier molecular flexibility index (Phi) is 4.97. The Labute approximate surface area is 147 Å². The molecular formula is C19H22N4O2. The van der Waals surface area contributed by atoms with Crippen LogP contribution in [0.15, 0.2) is 48.8 Å². The fourth-order valence-electron chi connectivity index (χ4n) is 2.89. The number of rotatable bonds is 4. The third kappa shape index (κ3) is 4.15. The van der Waals surface area contributed by atoms with Gasteiger partial charge in [-0.15, -0.1) is 0 Å². The summed E-state index contributed by atoms with van der Waals surface area (Å²) in [6.45, 7) is 4.56. The van der Waals surface area contributed by atoms with Crippen LogP contribution in [0.1, 0.15) is 25.5 Å². The van der Waals surface area contributed by atoms with Gasteiger partial charge in [0.2, 0.25) is 5.91 Å². The summed E-state index contributed by atoms with van der Waals surface area (Å²) in [5, 5.41) is 5.80. The molecule has 3 rings (SSSR count). The molecule has 2 aromatic rings. The van der Waals surface area contributed by atoms with Gasteiger partial charge in [-0.05, 0) is 35.7 Å². The Bertz CT molecular complexity index is 740. The van der Waals surface area contributed by atoms with Crippen LogP contribution in [-0.2, 0) is 4.79 Å². The Hall–Kier alpha value is -2.89. The van der Waals surface area contributed by atoms with E-state index in [1.54, 1.807) is 17.3 Å². The van der Waals surface area contributed by atoms with E-state index in [0.717, 1.165) is 16.7 Å². The van der Waals surface area contributed by atoms with Crippen molar-refractivity contribution in [2.45, 2.75) is 25.9 Å². The van der Waals surface area contributed by atoms with Crippen LogP contribution < -0.4 is 10.6 Å². The minimum absolute atomic E-state index is 0.0623. The van der Waals surface area contributed by atoms with Crippen LogP contribution in [-0.4, -0.2) is 41.0 Å². The van der Waals surface area contributed by atoms with Gasteiger partial charge in [0.05, 0.1) is 12.1 Å². The molecule has 25 heavy (non-hydrogen) atoms. The smallest absolute Gasteiger partial charge is 0.318 e. The summed E-state index contributed by atoms with van der Waals surface area (Å²) in [5.41, 5.74) is 3.28. The maximum atomic E-state index is 12.2. The zero-order valence-electron chi connectivity index (χ0n) is 14.4. The normalized spacial score (nSPS) is 15.2. The zero-order chi connectivity index (χ0) is 17.8. The molecule has 130 valence electrons. The molecule has 6 nitrogen and oxygen atoms in total. The van der Waals surface area contributed by atoms with Gasteiger partial charge >= 0.3 is 6.03 Å². The number of amides is 3. The number of likely N-dealkylation sites (tertiary alicyclic amines) is 1. The fourth-order valence-corrected chi connectivity index (χ4v) is 2.89. The van der Waals surface area contributed by atoms with E-state index >= 15 is 0 Å². The van der Waals surface area contributed by atoms with Gasteiger partial charge in [-0.25, -0.2) is 4.79 Å². The van der Waals surface area contributed by atoms with Gasteiger partial charge in [0.25, 0.3) is 0 Å². The quantitative estimate of drug-likeness (QED) is 0.898. The molecule has 0 saturated carbocycles. The van der Waals surface area contributed by atoms with E-state index < -0.39 is 0 Å². The summed E-state index contributed by atoms with van der Waals surface area (Å²) in [4.78, 5) is 28.9. The minimum atomic E-state index is -0.104. The van der Waals surface area contributed by atoms with Crippen LogP contribution in [0.3, 0.4) is 0 Å². The highest BCUT2D eigenvalue weighted by Crippen LogP contribution is 2.21. The van der Waals surface area contributed by atoms with Crippen molar-refractivity contribution in [1.29, 1.82) is 0 Å². The Morgan fingerprint density at radius 3 is 2.28 bits per heavy atom. The van der Waals surface area contributed by atoms with E-state index in [4.69, 9.17) is 0 Å². The van der Waals surface area contributed by atoms with Gasteiger partial charge in [0.15, 0.2) is 0 Å². The van der Waals surface area contributed by atoms with Gasteiger partial charge < -0.3 is 15.5 Å². The van der Waals surface area contributed by atoms with Gasteiger partial charge in [0.1, 0.15) is 0 Å². The van der Waals surface area contributed by atoms with Gasteiger partial charge in [-0.1, -0.05) is 24.3 Å². The van der Waals surface area contributed by atoms with E-state index in [0.29, 0.717) is 13.1 Å². The molecule has 0 spiro atoms. The van der Waals surface area contributed by atoms with E-state index in [-0.39, 0.29) is 24.0 Å². The monoisotopic (exact) mass is 338 g/mol. The third-order valence-corrected chi connectivity index (χ3v) is 4.34. The third-order valence-electron chi connectivity index (χ3n) is 4.34. The molecule has 6 heteroatoms. The molecule has 1 saturated heterocycles. The lowest BCUT2D eigenvalue weighted by atomic mass is 10.0. The van der Waals surface area contributed by atoms with E-state index in [1.165, 1.54) is 6.92 Å². The lowest BCUT2D eigenvalue weighted by Crippen LogP contribution is -2.62. The van der Waals surface area contributed by atoms with Crippen LogP contribution in [0.2, 0.25) is 0 Å². The maximum absolute atomic E-state index is 12.2. The van der Waals surface area contributed by atoms with Crippen molar-refractivity contribution in [1.82, 2.24) is 20.5 Å². The van der Waals surface area contributed by atoms with Crippen LogP contribution in [0.4, 0.5) is 4.79 Å². The number of urea groups is 1. The number of hydrogen-bond donors (Lipinski definition) is 2. The molecule has 1 atom stereocenters. The molecule has 1 aromatic carbocycles. The molecule has 2 heterocycles. The highest BCUT2D eigenvalue weighted by atomic mass is 16.2. The summed E-state index contributed by atoms with van der Waals surface area (Å²) < 4.78 is 0.